The minimum atomic E-state index is -0.333. The van der Waals surface area contributed by atoms with Gasteiger partial charge in [-0.2, -0.15) is 4.98 Å². The van der Waals surface area contributed by atoms with Gasteiger partial charge in [-0.1, -0.05) is 18.7 Å². The van der Waals surface area contributed by atoms with Crippen LogP contribution in [-0.2, 0) is 11.2 Å². The van der Waals surface area contributed by atoms with Crippen molar-refractivity contribution >= 4 is 17.7 Å². The topological polar surface area (TPSA) is 93.9 Å². The summed E-state index contributed by atoms with van der Waals surface area (Å²) in [5, 5.41) is 10.1. The first kappa shape index (κ1) is 23.0. The van der Waals surface area contributed by atoms with E-state index < -0.39 is 0 Å². The number of aromatic hydroxyl groups is 1. The number of hydrogen-bond acceptors (Lipinski definition) is 7. The van der Waals surface area contributed by atoms with E-state index in [0.717, 1.165) is 30.0 Å². The number of carbonyl (C=O) groups excluding carboxylic acids is 1. The van der Waals surface area contributed by atoms with E-state index in [4.69, 9.17) is 9.47 Å². The van der Waals surface area contributed by atoms with Crippen molar-refractivity contribution in [3.63, 3.8) is 0 Å². The van der Waals surface area contributed by atoms with E-state index in [9.17, 15) is 14.7 Å². The predicted octanol–water partition coefficient (Wildman–Crippen LogP) is 3.18. The molecule has 0 spiro atoms. The first-order chi connectivity index (χ1) is 14.8. The van der Waals surface area contributed by atoms with E-state index in [2.05, 4.69) is 4.98 Å². The van der Waals surface area contributed by atoms with Crippen LogP contribution in [0.25, 0.3) is 0 Å². The summed E-state index contributed by atoms with van der Waals surface area (Å²) in [6, 6.07) is 4.81. The zero-order valence-corrected chi connectivity index (χ0v) is 19.4. The Labute approximate surface area is 186 Å². The van der Waals surface area contributed by atoms with Crippen molar-refractivity contribution in [2.24, 2.45) is 0 Å². The molecule has 168 valence electrons. The van der Waals surface area contributed by atoms with Crippen LogP contribution < -0.4 is 15.0 Å². The summed E-state index contributed by atoms with van der Waals surface area (Å²) in [5.41, 5.74) is 1.86. The number of nitrogens with zero attached hydrogens (tertiary/aromatic N) is 3. The number of rotatable bonds is 7. The number of aromatic nitrogens is 2. The molecule has 0 saturated heterocycles. The fourth-order valence-corrected chi connectivity index (χ4v) is 4.83. The number of thioether (sulfide) groups is 1. The third-order valence-electron chi connectivity index (χ3n) is 5.77. The number of ether oxygens (including phenoxy) is 2. The van der Waals surface area contributed by atoms with Gasteiger partial charge >= 0.3 is 0 Å². The molecule has 1 aliphatic rings. The molecule has 1 aromatic carbocycles. The summed E-state index contributed by atoms with van der Waals surface area (Å²) in [7, 11) is 3.20. The molecule has 31 heavy (non-hydrogen) atoms. The minimum Gasteiger partial charge on any atom is -0.493 e. The van der Waals surface area contributed by atoms with Gasteiger partial charge in [0.15, 0.2) is 16.7 Å². The van der Waals surface area contributed by atoms with E-state index in [0.29, 0.717) is 23.2 Å². The van der Waals surface area contributed by atoms with Gasteiger partial charge in [0.1, 0.15) is 0 Å². The Hall–Kier alpha value is -2.68. The molecule has 3 rings (SSSR count). The van der Waals surface area contributed by atoms with Crippen molar-refractivity contribution in [1.82, 2.24) is 14.5 Å². The lowest BCUT2D eigenvalue weighted by atomic mass is 9.93. The van der Waals surface area contributed by atoms with Crippen LogP contribution in [0.3, 0.4) is 0 Å². The highest BCUT2D eigenvalue weighted by molar-refractivity contribution is 7.99. The van der Waals surface area contributed by atoms with Crippen molar-refractivity contribution in [2.75, 3.05) is 26.5 Å². The summed E-state index contributed by atoms with van der Waals surface area (Å²) >= 11 is 1.17. The first-order valence-corrected chi connectivity index (χ1v) is 11.3. The summed E-state index contributed by atoms with van der Waals surface area (Å²) in [5.74, 6) is 1.06. The van der Waals surface area contributed by atoms with Gasteiger partial charge in [-0.25, -0.2) is 0 Å². The van der Waals surface area contributed by atoms with Gasteiger partial charge < -0.3 is 19.5 Å². The second-order valence-electron chi connectivity index (χ2n) is 7.57. The maximum absolute atomic E-state index is 13.1. The number of carbonyl (C=O) groups is 1. The molecule has 0 saturated carbocycles. The molecule has 1 aliphatic heterocycles. The fourth-order valence-electron chi connectivity index (χ4n) is 3.84. The van der Waals surface area contributed by atoms with Crippen molar-refractivity contribution in [1.29, 1.82) is 0 Å². The average Bonchev–Trinajstić information content (AvgIpc) is 2.76. The fraction of sp³-hybridized carbons (Fsp3) is 0.500. The molecule has 9 heteroatoms. The van der Waals surface area contributed by atoms with Gasteiger partial charge in [0, 0.05) is 12.6 Å². The van der Waals surface area contributed by atoms with Crippen molar-refractivity contribution in [3.8, 4) is 17.4 Å². The maximum Gasteiger partial charge on any atom is 0.258 e. The molecule has 2 heterocycles. The zero-order chi connectivity index (χ0) is 22.7. The molecular weight excluding hydrogens is 418 g/mol. The average molecular weight is 448 g/mol. The van der Waals surface area contributed by atoms with Gasteiger partial charge in [0.05, 0.1) is 32.1 Å². The molecule has 2 atom stereocenters. The van der Waals surface area contributed by atoms with E-state index >= 15 is 0 Å². The summed E-state index contributed by atoms with van der Waals surface area (Å²) in [6.45, 7) is 6.47. The van der Waals surface area contributed by atoms with Gasteiger partial charge in [-0.3, -0.25) is 14.2 Å². The molecule has 1 amide bonds. The van der Waals surface area contributed by atoms with Crippen LogP contribution in [0.4, 0.5) is 0 Å². The largest absolute Gasteiger partial charge is 0.493 e. The zero-order valence-electron chi connectivity index (χ0n) is 18.5. The standard InChI is InChI=1S/C22H29N3O5S/c1-6-13(2)25-20(27)11-19(26)23-22(25)31-12-21(28)24-8-7-15-9-17(29-4)18(30-5)10-16(15)14(24)3/h9-11,13-14,26H,6-8,12H2,1-5H3/t13?,14-/m0/s1. The van der Waals surface area contributed by atoms with Crippen LogP contribution in [0, 0.1) is 0 Å². The molecule has 1 aromatic heterocycles. The summed E-state index contributed by atoms with van der Waals surface area (Å²) in [4.78, 5) is 31.3. The Balaban J connectivity index is 1.79. The minimum absolute atomic E-state index is 0.0498. The van der Waals surface area contributed by atoms with E-state index in [1.54, 1.807) is 14.2 Å². The van der Waals surface area contributed by atoms with Gasteiger partial charge in [0.25, 0.3) is 5.56 Å². The third-order valence-corrected chi connectivity index (χ3v) is 6.71. The molecule has 0 fully saturated rings. The molecule has 0 bridgehead atoms. The Bertz CT molecular complexity index is 1020. The smallest absolute Gasteiger partial charge is 0.258 e. The van der Waals surface area contributed by atoms with Crippen LogP contribution in [-0.4, -0.2) is 52.0 Å². The van der Waals surface area contributed by atoms with E-state index in [1.165, 1.54) is 16.3 Å². The normalized spacial score (nSPS) is 16.5. The Kier molecular flexibility index (Phi) is 7.15. The lowest BCUT2D eigenvalue weighted by Crippen LogP contribution is -2.40. The Morgan fingerprint density at radius 1 is 1.29 bits per heavy atom. The molecular formula is C22H29N3O5S. The summed E-state index contributed by atoms with van der Waals surface area (Å²) in [6.07, 6.45) is 1.46. The quantitative estimate of drug-likeness (QED) is 0.515. The second-order valence-corrected chi connectivity index (χ2v) is 8.51. The highest BCUT2D eigenvalue weighted by Gasteiger charge is 2.29. The SMILES string of the molecule is CCC(C)n1c(SCC(=O)N2CCc3cc(OC)c(OC)cc3[C@@H]2C)nc(O)cc1=O. The predicted molar refractivity (Wildman–Crippen MR) is 119 cm³/mol. The van der Waals surface area contributed by atoms with Gasteiger partial charge in [-0.15, -0.1) is 0 Å². The Morgan fingerprint density at radius 2 is 1.97 bits per heavy atom. The number of benzene rings is 1. The first-order valence-electron chi connectivity index (χ1n) is 10.3. The lowest BCUT2D eigenvalue weighted by molar-refractivity contribution is -0.130. The van der Waals surface area contributed by atoms with Crippen molar-refractivity contribution < 1.29 is 19.4 Å². The molecule has 1 unspecified atom stereocenters. The molecule has 0 aliphatic carbocycles. The van der Waals surface area contributed by atoms with Crippen LogP contribution in [0.15, 0.2) is 28.2 Å². The number of amides is 1. The lowest BCUT2D eigenvalue weighted by Gasteiger charge is -2.35. The third kappa shape index (κ3) is 4.66. The van der Waals surface area contributed by atoms with E-state index in [1.807, 2.05) is 37.8 Å². The second kappa shape index (κ2) is 9.64. The number of hydrogen-bond donors (Lipinski definition) is 1. The van der Waals surface area contributed by atoms with Crippen LogP contribution in [0.5, 0.6) is 17.4 Å². The molecule has 0 radical (unpaired) electrons. The molecule has 1 N–H and O–H groups in total. The van der Waals surface area contributed by atoms with Crippen molar-refractivity contribution in [3.05, 3.63) is 39.7 Å². The Morgan fingerprint density at radius 3 is 2.61 bits per heavy atom. The molecule has 2 aromatic rings. The highest BCUT2D eigenvalue weighted by Crippen LogP contribution is 2.38. The van der Waals surface area contributed by atoms with E-state index in [-0.39, 0.29) is 35.2 Å². The number of fused-ring (bicyclic) bond motifs is 1. The monoisotopic (exact) mass is 447 g/mol. The van der Waals surface area contributed by atoms with Crippen LogP contribution >= 0.6 is 11.8 Å². The van der Waals surface area contributed by atoms with Crippen LogP contribution in [0.2, 0.25) is 0 Å². The van der Waals surface area contributed by atoms with Crippen LogP contribution in [0.1, 0.15) is 50.4 Å². The van der Waals surface area contributed by atoms with Gasteiger partial charge in [0.2, 0.25) is 11.8 Å². The molecule has 8 nitrogen and oxygen atoms in total. The number of methoxy groups -OCH3 is 2. The summed E-state index contributed by atoms with van der Waals surface area (Å²) < 4.78 is 12.3. The maximum atomic E-state index is 13.1. The van der Waals surface area contributed by atoms with Crippen molar-refractivity contribution in [2.45, 2.75) is 50.9 Å². The highest BCUT2D eigenvalue weighted by atomic mass is 32.2. The van der Waals surface area contributed by atoms with Gasteiger partial charge in [-0.05, 0) is 49.9 Å².